The lowest BCUT2D eigenvalue weighted by atomic mass is 10.6. The molecule has 0 atom stereocenters. The Morgan fingerprint density at radius 3 is 2.42 bits per heavy atom. The zero-order chi connectivity index (χ0) is 9.35. The number of nitrogens with zero attached hydrogens (tertiary/aromatic N) is 1. The van der Waals surface area contributed by atoms with Crippen molar-refractivity contribution in [1.82, 2.24) is 9.62 Å². The van der Waals surface area contributed by atoms with Crippen molar-refractivity contribution in [3.8, 4) is 0 Å². The maximum absolute atomic E-state index is 11.4. The van der Waals surface area contributed by atoms with E-state index < -0.39 is 21.3 Å². The van der Waals surface area contributed by atoms with Crippen molar-refractivity contribution >= 4 is 16.1 Å². The van der Waals surface area contributed by atoms with Crippen molar-refractivity contribution in [2.24, 2.45) is 0 Å². The summed E-state index contributed by atoms with van der Waals surface area (Å²) >= 11 is 0. The average molecular weight is 192 g/mol. The molecule has 0 unspecified atom stereocenters. The van der Waals surface area contributed by atoms with Gasteiger partial charge >= 0.3 is 6.03 Å². The van der Waals surface area contributed by atoms with Gasteiger partial charge in [0.15, 0.2) is 0 Å². The Bertz CT molecular complexity index is 283. The van der Waals surface area contributed by atoms with Gasteiger partial charge in [0.05, 0.1) is 11.8 Å². The normalized spacial score (nSPS) is 18.6. The van der Waals surface area contributed by atoms with Crippen molar-refractivity contribution in [1.29, 1.82) is 0 Å². The molecule has 5 nitrogen and oxygen atoms in total. The van der Waals surface area contributed by atoms with Crippen LogP contribution in [0.3, 0.4) is 0 Å². The molecule has 0 aromatic carbocycles. The van der Waals surface area contributed by atoms with Crippen LogP contribution in [-0.2, 0) is 10.0 Å². The summed E-state index contributed by atoms with van der Waals surface area (Å²) in [5, 5.41) is 1.90. The van der Waals surface area contributed by atoms with E-state index in [4.69, 9.17) is 0 Å². The highest BCUT2D eigenvalue weighted by molar-refractivity contribution is 7.90. The van der Waals surface area contributed by atoms with Crippen LogP contribution >= 0.6 is 0 Å². The third-order valence-electron chi connectivity index (χ3n) is 1.72. The molecule has 1 aliphatic rings. The van der Waals surface area contributed by atoms with E-state index in [0.29, 0.717) is 6.54 Å². The number of amides is 2. The molecular weight excluding hydrogens is 180 g/mol. The fraction of sp³-hybridized carbons (Fsp3) is 0.833. The predicted molar refractivity (Wildman–Crippen MR) is 44.2 cm³/mol. The molecule has 70 valence electrons. The first-order valence-corrected chi connectivity index (χ1v) is 5.26. The van der Waals surface area contributed by atoms with Gasteiger partial charge in [0.1, 0.15) is 0 Å². The summed E-state index contributed by atoms with van der Waals surface area (Å²) in [5.41, 5.74) is 0. The zero-order valence-corrected chi connectivity index (χ0v) is 7.89. The first-order valence-electron chi connectivity index (χ1n) is 3.75. The molecule has 0 radical (unpaired) electrons. The summed E-state index contributed by atoms with van der Waals surface area (Å²) in [7, 11) is -3.40. The van der Waals surface area contributed by atoms with Crippen LogP contribution in [0.5, 0.6) is 0 Å². The molecule has 0 bridgehead atoms. The van der Waals surface area contributed by atoms with E-state index in [1.54, 1.807) is 13.8 Å². The van der Waals surface area contributed by atoms with Gasteiger partial charge in [0.25, 0.3) is 0 Å². The highest BCUT2D eigenvalue weighted by Crippen LogP contribution is 2.10. The van der Waals surface area contributed by atoms with Crippen molar-refractivity contribution in [3.05, 3.63) is 0 Å². The zero-order valence-electron chi connectivity index (χ0n) is 7.07. The van der Waals surface area contributed by atoms with E-state index in [0.717, 1.165) is 4.31 Å². The Kier molecular flexibility index (Phi) is 2.27. The smallest absolute Gasteiger partial charge is 0.331 e. The largest absolute Gasteiger partial charge is 0.335 e. The third kappa shape index (κ3) is 1.38. The van der Waals surface area contributed by atoms with Crippen LogP contribution in [0.25, 0.3) is 0 Å². The van der Waals surface area contributed by atoms with Gasteiger partial charge < -0.3 is 5.32 Å². The molecule has 0 aliphatic carbocycles. The molecule has 0 aromatic rings. The fourth-order valence-corrected chi connectivity index (χ4v) is 2.10. The summed E-state index contributed by atoms with van der Waals surface area (Å²) in [6, 6.07) is -0.510. The number of carbonyl (C=O) groups is 1. The minimum Gasteiger partial charge on any atom is -0.335 e. The molecule has 1 aliphatic heterocycles. The van der Waals surface area contributed by atoms with Gasteiger partial charge in [-0.3, -0.25) is 0 Å². The highest BCUT2D eigenvalue weighted by Gasteiger charge is 2.33. The topological polar surface area (TPSA) is 66.5 Å². The maximum atomic E-state index is 11.4. The Hall–Kier alpha value is -0.780. The van der Waals surface area contributed by atoms with E-state index in [9.17, 15) is 13.2 Å². The monoisotopic (exact) mass is 192 g/mol. The maximum Gasteiger partial charge on any atom is 0.331 e. The van der Waals surface area contributed by atoms with Gasteiger partial charge in [-0.05, 0) is 13.8 Å². The summed E-state index contributed by atoms with van der Waals surface area (Å²) < 4.78 is 23.7. The minimum atomic E-state index is -3.40. The van der Waals surface area contributed by atoms with Crippen molar-refractivity contribution < 1.29 is 13.2 Å². The van der Waals surface area contributed by atoms with Gasteiger partial charge in [-0.2, -0.15) is 0 Å². The third-order valence-corrected chi connectivity index (χ3v) is 3.87. The van der Waals surface area contributed by atoms with Crippen LogP contribution in [0.15, 0.2) is 0 Å². The number of rotatable bonds is 2. The summed E-state index contributed by atoms with van der Waals surface area (Å²) in [6.07, 6.45) is 0. The fourth-order valence-electron chi connectivity index (χ4n) is 0.951. The minimum absolute atomic E-state index is 0.249. The van der Waals surface area contributed by atoms with Crippen LogP contribution in [0.2, 0.25) is 0 Å². The van der Waals surface area contributed by atoms with E-state index in [2.05, 4.69) is 5.32 Å². The lowest BCUT2D eigenvalue weighted by Gasteiger charge is -2.16. The molecule has 1 N–H and O–H groups in total. The molecule has 0 spiro atoms. The first kappa shape index (κ1) is 9.31. The molecule has 0 saturated carbocycles. The Balaban J connectivity index is 2.89. The van der Waals surface area contributed by atoms with Crippen molar-refractivity contribution in [3.63, 3.8) is 0 Å². The van der Waals surface area contributed by atoms with Gasteiger partial charge in [0.2, 0.25) is 10.0 Å². The van der Waals surface area contributed by atoms with E-state index in [1.807, 2.05) is 0 Å². The molecular formula is C6H12N2O3S. The summed E-state index contributed by atoms with van der Waals surface area (Å²) in [6.45, 7) is 3.77. The number of sulfonamides is 1. The summed E-state index contributed by atoms with van der Waals surface area (Å²) in [4.78, 5) is 11.0. The highest BCUT2D eigenvalue weighted by atomic mass is 32.2. The first-order chi connectivity index (χ1) is 5.46. The Labute approximate surface area is 71.8 Å². The quantitative estimate of drug-likeness (QED) is 0.656. The number of urea groups is 1. The van der Waals surface area contributed by atoms with Crippen LogP contribution in [0, 0.1) is 0 Å². The van der Waals surface area contributed by atoms with E-state index in [1.165, 1.54) is 0 Å². The molecule has 2 amide bonds. The van der Waals surface area contributed by atoms with Crippen LogP contribution in [-0.4, -0.2) is 37.1 Å². The van der Waals surface area contributed by atoms with Crippen LogP contribution in [0.4, 0.5) is 4.79 Å². The second-order valence-corrected chi connectivity index (χ2v) is 5.31. The van der Waals surface area contributed by atoms with Gasteiger partial charge in [-0.25, -0.2) is 17.5 Å². The SMILES string of the molecule is CC(C)S(=O)(=O)N1CCNC1=O. The number of carbonyl (C=O) groups excluding carboxylic acids is 1. The Morgan fingerprint density at radius 2 is 2.08 bits per heavy atom. The number of nitrogens with one attached hydrogen (secondary N) is 1. The molecule has 0 aromatic heterocycles. The van der Waals surface area contributed by atoms with Gasteiger partial charge in [-0.15, -0.1) is 0 Å². The predicted octanol–water partition coefficient (Wildman–Crippen LogP) is -0.250. The molecule has 1 heterocycles. The molecule has 6 heteroatoms. The van der Waals surface area contributed by atoms with E-state index in [-0.39, 0.29) is 6.54 Å². The van der Waals surface area contributed by atoms with E-state index >= 15 is 0 Å². The molecule has 12 heavy (non-hydrogen) atoms. The average Bonchev–Trinajstić information content (AvgIpc) is 2.35. The lowest BCUT2D eigenvalue weighted by molar-refractivity contribution is 0.235. The van der Waals surface area contributed by atoms with Crippen LogP contribution in [0.1, 0.15) is 13.8 Å². The van der Waals surface area contributed by atoms with Crippen LogP contribution < -0.4 is 5.32 Å². The standard InChI is InChI=1S/C6H12N2O3S/c1-5(2)12(10,11)8-4-3-7-6(8)9/h5H,3-4H2,1-2H3,(H,7,9). The summed E-state index contributed by atoms with van der Waals surface area (Å²) in [5.74, 6) is 0. The van der Waals surface area contributed by atoms with Gasteiger partial charge in [0, 0.05) is 6.54 Å². The molecule has 1 rings (SSSR count). The number of hydrogen-bond acceptors (Lipinski definition) is 3. The number of hydrogen-bond donors (Lipinski definition) is 1. The lowest BCUT2D eigenvalue weighted by Crippen LogP contribution is -2.38. The Morgan fingerprint density at radius 1 is 1.50 bits per heavy atom. The van der Waals surface area contributed by atoms with Gasteiger partial charge in [-0.1, -0.05) is 0 Å². The van der Waals surface area contributed by atoms with Crippen molar-refractivity contribution in [2.45, 2.75) is 19.1 Å². The molecule has 1 saturated heterocycles. The second-order valence-electron chi connectivity index (χ2n) is 2.90. The van der Waals surface area contributed by atoms with Crippen molar-refractivity contribution in [2.75, 3.05) is 13.1 Å². The molecule has 1 fully saturated rings. The second kappa shape index (κ2) is 2.93.